The summed E-state index contributed by atoms with van der Waals surface area (Å²) in [4.78, 5) is 27.1. The van der Waals surface area contributed by atoms with Crippen LogP contribution in [0.5, 0.6) is 0 Å². The number of hydrogen-bond acceptors (Lipinski definition) is 3. The Morgan fingerprint density at radius 3 is 2.64 bits per heavy atom. The normalized spacial score (nSPS) is 13.8. The average molecular weight is 358 g/mol. The van der Waals surface area contributed by atoms with Crippen molar-refractivity contribution in [1.82, 2.24) is 10.2 Å². The third-order valence-electron chi connectivity index (χ3n) is 3.85. The summed E-state index contributed by atoms with van der Waals surface area (Å²) >= 11 is 1.52. The second kappa shape index (κ2) is 7.61. The minimum absolute atomic E-state index is 0.0605. The van der Waals surface area contributed by atoms with Crippen LogP contribution in [0.25, 0.3) is 16.5 Å². The molecule has 1 fully saturated rings. The van der Waals surface area contributed by atoms with E-state index in [4.69, 9.17) is 0 Å². The van der Waals surface area contributed by atoms with E-state index in [0.29, 0.717) is 6.04 Å². The average Bonchev–Trinajstić information content (AvgIpc) is 3.27. The van der Waals surface area contributed by atoms with Gasteiger partial charge >= 0.3 is 0 Å². The molecular weight excluding hydrogens is 339 g/mol. The number of amides is 2. The number of carbonyl (C=O) groups excluding carboxylic acids is 2. The molecule has 1 aliphatic carbocycles. The van der Waals surface area contributed by atoms with Gasteiger partial charge in [0.05, 0.1) is 6.54 Å². The Balaban J connectivity index is 1.56. The molecule has 0 spiro atoms. The fourth-order valence-corrected chi connectivity index (χ4v) is 3.20. The highest BCUT2D eigenvalue weighted by molar-refractivity contribution is 7.16. The van der Waals surface area contributed by atoms with E-state index in [2.05, 4.69) is 5.32 Å². The molecule has 0 unspecified atom stereocenters. The van der Waals surface area contributed by atoms with Gasteiger partial charge in [0.25, 0.3) is 0 Å². The van der Waals surface area contributed by atoms with E-state index in [1.807, 2.05) is 12.1 Å². The van der Waals surface area contributed by atoms with Gasteiger partial charge in [-0.15, -0.1) is 11.3 Å². The lowest BCUT2D eigenvalue weighted by atomic mass is 10.2. The first-order valence-corrected chi connectivity index (χ1v) is 8.91. The van der Waals surface area contributed by atoms with E-state index in [9.17, 15) is 14.0 Å². The van der Waals surface area contributed by atoms with Gasteiger partial charge < -0.3 is 10.2 Å². The number of nitrogens with one attached hydrogen (secondary N) is 1. The van der Waals surface area contributed by atoms with Gasteiger partial charge in [0.1, 0.15) is 5.82 Å². The fourth-order valence-electron chi connectivity index (χ4n) is 2.29. The summed E-state index contributed by atoms with van der Waals surface area (Å²) in [6, 6.07) is 10.5. The largest absolute Gasteiger partial charge is 0.352 e. The summed E-state index contributed by atoms with van der Waals surface area (Å²) in [7, 11) is 1.61. The number of hydrogen-bond donors (Lipinski definition) is 1. The monoisotopic (exact) mass is 358 g/mol. The maximum atomic E-state index is 13.0. The molecule has 1 N–H and O–H groups in total. The van der Waals surface area contributed by atoms with Crippen LogP contribution in [0.1, 0.15) is 17.7 Å². The van der Waals surface area contributed by atoms with Gasteiger partial charge in [-0.1, -0.05) is 12.1 Å². The molecule has 1 aliphatic rings. The maximum absolute atomic E-state index is 13.0. The number of halogens is 1. The minimum atomic E-state index is -0.264. The van der Waals surface area contributed by atoms with Crippen molar-refractivity contribution in [1.29, 1.82) is 0 Å². The smallest absolute Gasteiger partial charge is 0.246 e. The number of thiophene rings is 1. The molecule has 3 rings (SSSR count). The molecule has 25 heavy (non-hydrogen) atoms. The zero-order chi connectivity index (χ0) is 17.8. The van der Waals surface area contributed by atoms with Gasteiger partial charge in [0.2, 0.25) is 11.8 Å². The summed E-state index contributed by atoms with van der Waals surface area (Å²) in [6.07, 6.45) is 5.25. The second-order valence-corrected chi connectivity index (χ2v) is 7.19. The van der Waals surface area contributed by atoms with Crippen LogP contribution in [0.4, 0.5) is 4.39 Å². The number of nitrogens with zero attached hydrogens (tertiary/aromatic N) is 1. The van der Waals surface area contributed by atoms with Gasteiger partial charge in [0.15, 0.2) is 0 Å². The number of rotatable bonds is 6. The third kappa shape index (κ3) is 5.00. The topological polar surface area (TPSA) is 49.4 Å². The predicted octanol–water partition coefficient (Wildman–Crippen LogP) is 3.30. The molecular formula is C19H19FN2O2S. The molecule has 130 valence electrons. The van der Waals surface area contributed by atoms with E-state index in [-0.39, 0.29) is 24.2 Å². The maximum Gasteiger partial charge on any atom is 0.246 e. The van der Waals surface area contributed by atoms with Gasteiger partial charge in [-0.05, 0) is 48.7 Å². The Labute approximate surface area is 150 Å². The molecule has 6 heteroatoms. The van der Waals surface area contributed by atoms with E-state index >= 15 is 0 Å². The van der Waals surface area contributed by atoms with Crippen LogP contribution in [-0.4, -0.2) is 36.3 Å². The Bertz CT molecular complexity index is 794. The lowest BCUT2D eigenvalue weighted by Crippen LogP contribution is -2.38. The Hall–Kier alpha value is -2.47. The summed E-state index contributed by atoms with van der Waals surface area (Å²) < 4.78 is 13.0. The van der Waals surface area contributed by atoms with Crippen LogP contribution in [0.2, 0.25) is 0 Å². The van der Waals surface area contributed by atoms with Crippen molar-refractivity contribution < 1.29 is 14.0 Å². The lowest BCUT2D eigenvalue weighted by molar-refractivity contribution is -0.131. The first-order chi connectivity index (χ1) is 12.0. The molecule has 4 nitrogen and oxygen atoms in total. The molecule has 0 aliphatic heterocycles. The van der Waals surface area contributed by atoms with E-state index in [1.54, 1.807) is 25.3 Å². The van der Waals surface area contributed by atoms with Gasteiger partial charge in [0, 0.05) is 28.9 Å². The summed E-state index contributed by atoms with van der Waals surface area (Å²) in [5.74, 6) is -0.607. The number of carbonyl (C=O) groups is 2. The molecule has 1 heterocycles. The van der Waals surface area contributed by atoms with Crippen molar-refractivity contribution in [3.8, 4) is 10.4 Å². The van der Waals surface area contributed by atoms with Crippen LogP contribution >= 0.6 is 11.3 Å². The molecule has 2 aromatic rings. The highest BCUT2D eigenvalue weighted by Crippen LogP contribution is 2.28. The fraction of sp³-hybridized carbons (Fsp3) is 0.263. The molecule has 0 radical (unpaired) electrons. The summed E-state index contributed by atoms with van der Waals surface area (Å²) in [5.41, 5.74) is 0.936. The Morgan fingerprint density at radius 1 is 1.24 bits per heavy atom. The van der Waals surface area contributed by atoms with Crippen LogP contribution < -0.4 is 5.32 Å². The molecule has 1 aromatic heterocycles. The molecule has 0 atom stereocenters. The third-order valence-corrected chi connectivity index (χ3v) is 4.94. The number of benzene rings is 1. The molecule has 0 bridgehead atoms. The van der Waals surface area contributed by atoms with Gasteiger partial charge in [-0.3, -0.25) is 9.59 Å². The number of likely N-dealkylation sites (N-methyl/N-ethyl adjacent to an activating group) is 1. The van der Waals surface area contributed by atoms with Crippen molar-refractivity contribution in [2.45, 2.75) is 18.9 Å². The van der Waals surface area contributed by atoms with Crippen LogP contribution in [0, 0.1) is 5.82 Å². The predicted molar refractivity (Wildman–Crippen MR) is 97.5 cm³/mol. The van der Waals surface area contributed by atoms with Crippen LogP contribution in [0.3, 0.4) is 0 Å². The zero-order valence-electron chi connectivity index (χ0n) is 13.9. The molecule has 1 aromatic carbocycles. The first-order valence-electron chi connectivity index (χ1n) is 8.09. The summed E-state index contributed by atoms with van der Waals surface area (Å²) in [5, 5.41) is 2.86. The Morgan fingerprint density at radius 2 is 1.96 bits per heavy atom. The molecule has 1 saturated carbocycles. The SMILES string of the molecule is CN(CC(=O)NC1CC1)C(=O)/C=C/c1ccc(-c2ccc(F)cc2)s1. The van der Waals surface area contributed by atoms with Crippen LogP contribution in [-0.2, 0) is 9.59 Å². The van der Waals surface area contributed by atoms with Crippen LogP contribution in [0.15, 0.2) is 42.5 Å². The molecule has 0 saturated heterocycles. The highest BCUT2D eigenvalue weighted by Gasteiger charge is 2.23. The zero-order valence-corrected chi connectivity index (χ0v) is 14.7. The van der Waals surface area contributed by atoms with Crippen molar-refractivity contribution in [3.05, 3.63) is 53.2 Å². The lowest BCUT2D eigenvalue weighted by Gasteiger charge is -2.14. The van der Waals surface area contributed by atoms with Crippen molar-refractivity contribution >= 4 is 29.2 Å². The summed E-state index contributed by atoms with van der Waals surface area (Å²) in [6.45, 7) is 0.0605. The first kappa shape index (κ1) is 17.4. The van der Waals surface area contributed by atoms with E-state index in [1.165, 1.54) is 34.4 Å². The van der Waals surface area contributed by atoms with Crippen molar-refractivity contribution in [2.24, 2.45) is 0 Å². The highest BCUT2D eigenvalue weighted by atomic mass is 32.1. The second-order valence-electron chi connectivity index (χ2n) is 6.08. The van der Waals surface area contributed by atoms with E-state index in [0.717, 1.165) is 28.2 Å². The Kier molecular flexibility index (Phi) is 5.28. The van der Waals surface area contributed by atoms with Gasteiger partial charge in [-0.2, -0.15) is 0 Å². The quantitative estimate of drug-likeness (QED) is 0.806. The van der Waals surface area contributed by atoms with Gasteiger partial charge in [-0.25, -0.2) is 4.39 Å². The van der Waals surface area contributed by atoms with E-state index < -0.39 is 0 Å². The van der Waals surface area contributed by atoms with Crippen molar-refractivity contribution in [3.63, 3.8) is 0 Å². The van der Waals surface area contributed by atoms with Crippen molar-refractivity contribution in [2.75, 3.05) is 13.6 Å². The minimum Gasteiger partial charge on any atom is -0.352 e. The standard InChI is InChI=1S/C19H19FN2O2S/c1-22(12-18(23)21-15-6-7-15)19(24)11-9-16-8-10-17(25-16)13-2-4-14(20)5-3-13/h2-5,8-11,15H,6-7,12H2,1H3,(H,21,23)/b11-9+. The molecule has 2 amide bonds.